The molecule has 4 heterocycles. The summed E-state index contributed by atoms with van der Waals surface area (Å²) in [5.41, 5.74) is 0.105. The monoisotopic (exact) mass is 485 g/mol. The fraction of sp³-hybridized carbons (Fsp3) is 0.760. The molecule has 0 aromatic carbocycles. The maximum Gasteiger partial charge on any atom is 0.410 e. The number of carbonyl (C=O) groups is 1. The molecule has 192 valence electrons. The van der Waals surface area contributed by atoms with Crippen LogP contribution in [0.15, 0.2) is 6.07 Å². The van der Waals surface area contributed by atoms with Gasteiger partial charge in [-0.2, -0.15) is 10.2 Å². The first-order valence-corrected chi connectivity index (χ1v) is 12.6. The molecule has 0 radical (unpaired) electrons. The number of anilines is 2. The van der Waals surface area contributed by atoms with Crippen molar-refractivity contribution in [3.63, 3.8) is 0 Å². The molecule has 3 aliphatic heterocycles. The zero-order chi connectivity index (χ0) is 25.2. The van der Waals surface area contributed by atoms with Gasteiger partial charge < -0.3 is 29.1 Å². The van der Waals surface area contributed by atoms with Crippen LogP contribution in [0.25, 0.3) is 0 Å². The summed E-state index contributed by atoms with van der Waals surface area (Å²) in [4.78, 5) is 30.5. The molecule has 35 heavy (non-hydrogen) atoms. The Morgan fingerprint density at radius 3 is 2.51 bits per heavy atom. The molecule has 3 fully saturated rings. The Hall–Kier alpha value is -2.64. The molecule has 4 rings (SSSR count). The summed E-state index contributed by atoms with van der Waals surface area (Å²) in [6.07, 6.45) is 0.731. The molecule has 0 bridgehead atoms. The molecular formula is C25H39N7O3. The number of nitriles is 1. The SMILES string of the molecule is C[C@H]1CN(CC2(C)COC2)CCCN1c1nc(C#N)cc(N2CCN(C(=O)OC(C)(C)C)CC2)n1. The van der Waals surface area contributed by atoms with E-state index >= 15 is 0 Å². The standard InChI is InChI=1S/C25H39N7O3/c1-19-15-29(16-25(5)17-34-18-25)7-6-8-32(19)22-27-20(14-26)13-21(28-22)30-9-11-31(12-10-30)23(33)35-24(2,3)4/h13,19H,6-12,15-18H2,1-5H3/t19-/m0/s1. The van der Waals surface area contributed by atoms with E-state index in [0.29, 0.717) is 37.8 Å². The minimum absolute atomic E-state index is 0.230. The van der Waals surface area contributed by atoms with E-state index in [0.717, 1.165) is 51.6 Å². The largest absolute Gasteiger partial charge is 0.444 e. The fourth-order valence-corrected chi connectivity index (χ4v) is 4.99. The molecule has 0 unspecified atom stereocenters. The highest BCUT2D eigenvalue weighted by Gasteiger charge is 2.36. The smallest absolute Gasteiger partial charge is 0.410 e. The highest BCUT2D eigenvalue weighted by molar-refractivity contribution is 5.68. The number of amides is 1. The molecule has 1 aromatic heterocycles. The van der Waals surface area contributed by atoms with E-state index in [1.807, 2.05) is 20.8 Å². The minimum atomic E-state index is -0.514. The van der Waals surface area contributed by atoms with Crippen molar-refractivity contribution in [2.45, 2.75) is 52.7 Å². The van der Waals surface area contributed by atoms with Crippen LogP contribution in [0.5, 0.6) is 0 Å². The van der Waals surface area contributed by atoms with E-state index in [9.17, 15) is 10.1 Å². The second-order valence-electron chi connectivity index (χ2n) is 11.4. The van der Waals surface area contributed by atoms with E-state index in [-0.39, 0.29) is 17.6 Å². The van der Waals surface area contributed by atoms with E-state index in [1.54, 1.807) is 11.0 Å². The van der Waals surface area contributed by atoms with Gasteiger partial charge in [-0.15, -0.1) is 0 Å². The number of piperazine rings is 1. The van der Waals surface area contributed by atoms with Crippen molar-refractivity contribution in [2.75, 3.05) is 75.4 Å². The minimum Gasteiger partial charge on any atom is -0.444 e. The van der Waals surface area contributed by atoms with Gasteiger partial charge in [-0.05, 0) is 40.7 Å². The van der Waals surface area contributed by atoms with Crippen LogP contribution in [0.3, 0.4) is 0 Å². The Morgan fingerprint density at radius 1 is 1.20 bits per heavy atom. The highest BCUT2D eigenvalue weighted by atomic mass is 16.6. The Balaban J connectivity index is 1.43. The summed E-state index contributed by atoms with van der Waals surface area (Å²) in [5, 5.41) is 9.66. The second kappa shape index (κ2) is 10.2. The Kier molecular flexibility index (Phi) is 7.38. The topological polar surface area (TPSA) is 98.1 Å². The summed E-state index contributed by atoms with van der Waals surface area (Å²) in [6.45, 7) is 18.0. The third-order valence-electron chi connectivity index (χ3n) is 6.76. The normalized spacial score (nSPS) is 23.3. The van der Waals surface area contributed by atoms with Crippen LogP contribution in [0.1, 0.15) is 46.7 Å². The summed E-state index contributed by atoms with van der Waals surface area (Å²) in [5.74, 6) is 1.35. The van der Waals surface area contributed by atoms with Crippen LogP contribution in [-0.2, 0) is 9.47 Å². The molecule has 1 aromatic rings. The lowest BCUT2D eigenvalue weighted by Crippen LogP contribution is -2.51. The third-order valence-corrected chi connectivity index (χ3v) is 6.76. The van der Waals surface area contributed by atoms with E-state index in [4.69, 9.17) is 14.5 Å². The van der Waals surface area contributed by atoms with Gasteiger partial charge in [-0.1, -0.05) is 6.92 Å². The summed E-state index contributed by atoms with van der Waals surface area (Å²) in [7, 11) is 0. The lowest BCUT2D eigenvalue weighted by atomic mass is 9.88. The number of rotatable bonds is 4. The predicted octanol–water partition coefficient (Wildman–Crippen LogP) is 2.34. The number of hydrogen-bond donors (Lipinski definition) is 0. The van der Waals surface area contributed by atoms with Crippen molar-refractivity contribution < 1.29 is 14.3 Å². The lowest BCUT2D eigenvalue weighted by molar-refractivity contribution is -0.114. The highest BCUT2D eigenvalue weighted by Crippen LogP contribution is 2.29. The first-order valence-electron chi connectivity index (χ1n) is 12.6. The molecule has 3 saturated heterocycles. The molecule has 0 N–H and O–H groups in total. The van der Waals surface area contributed by atoms with E-state index < -0.39 is 5.60 Å². The van der Waals surface area contributed by atoms with Gasteiger partial charge in [0.2, 0.25) is 5.95 Å². The number of nitrogens with zero attached hydrogens (tertiary/aromatic N) is 7. The first-order chi connectivity index (χ1) is 16.5. The molecule has 1 atom stereocenters. The van der Waals surface area contributed by atoms with Crippen LogP contribution in [0, 0.1) is 16.7 Å². The molecule has 0 aliphatic carbocycles. The van der Waals surface area contributed by atoms with Crippen molar-refractivity contribution in [2.24, 2.45) is 5.41 Å². The van der Waals surface area contributed by atoms with Gasteiger partial charge in [0.05, 0.1) is 13.2 Å². The van der Waals surface area contributed by atoms with Gasteiger partial charge in [0, 0.05) is 63.3 Å². The fourth-order valence-electron chi connectivity index (χ4n) is 4.99. The van der Waals surface area contributed by atoms with Crippen molar-refractivity contribution in [3.8, 4) is 6.07 Å². The van der Waals surface area contributed by atoms with Crippen LogP contribution in [0.2, 0.25) is 0 Å². The number of carbonyl (C=O) groups excluding carboxylic acids is 1. The maximum atomic E-state index is 12.4. The van der Waals surface area contributed by atoms with Gasteiger partial charge in [-0.3, -0.25) is 0 Å². The maximum absolute atomic E-state index is 12.4. The quantitative estimate of drug-likeness (QED) is 0.636. The van der Waals surface area contributed by atoms with Gasteiger partial charge in [0.25, 0.3) is 0 Å². The summed E-state index contributed by atoms with van der Waals surface area (Å²) >= 11 is 0. The molecular weight excluding hydrogens is 446 g/mol. The van der Waals surface area contributed by atoms with Crippen molar-refractivity contribution in [3.05, 3.63) is 11.8 Å². The van der Waals surface area contributed by atoms with Gasteiger partial charge >= 0.3 is 6.09 Å². The van der Waals surface area contributed by atoms with E-state index in [1.165, 1.54) is 0 Å². The molecule has 0 spiro atoms. The zero-order valence-electron chi connectivity index (χ0n) is 21.8. The first kappa shape index (κ1) is 25.5. The number of hydrogen-bond acceptors (Lipinski definition) is 9. The Morgan fingerprint density at radius 2 is 1.91 bits per heavy atom. The summed E-state index contributed by atoms with van der Waals surface area (Å²) < 4.78 is 11.0. The van der Waals surface area contributed by atoms with Gasteiger partial charge in [0.1, 0.15) is 23.2 Å². The zero-order valence-corrected chi connectivity index (χ0v) is 21.8. The average molecular weight is 486 g/mol. The van der Waals surface area contributed by atoms with Crippen LogP contribution < -0.4 is 9.80 Å². The third kappa shape index (κ3) is 6.33. The molecule has 0 saturated carbocycles. The molecule has 10 heteroatoms. The molecule has 3 aliphatic rings. The molecule has 1 amide bonds. The van der Waals surface area contributed by atoms with Crippen LogP contribution in [-0.4, -0.2) is 103 Å². The Labute approximate surface area is 208 Å². The van der Waals surface area contributed by atoms with Crippen LogP contribution in [0.4, 0.5) is 16.6 Å². The lowest BCUT2D eigenvalue weighted by Gasteiger charge is -2.42. The number of ether oxygens (including phenoxy) is 2. The van der Waals surface area contributed by atoms with Crippen LogP contribution >= 0.6 is 0 Å². The molecule has 10 nitrogen and oxygen atoms in total. The van der Waals surface area contributed by atoms with Crippen molar-refractivity contribution >= 4 is 17.9 Å². The second-order valence-corrected chi connectivity index (χ2v) is 11.4. The van der Waals surface area contributed by atoms with Crippen molar-refractivity contribution in [1.82, 2.24) is 19.8 Å². The Bertz CT molecular complexity index is 945. The van der Waals surface area contributed by atoms with E-state index in [2.05, 4.69) is 39.6 Å². The van der Waals surface area contributed by atoms with Gasteiger partial charge in [0.15, 0.2) is 0 Å². The van der Waals surface area contributed by atoms with Crippen molar-refractivity contribution in [1.29, 1.82) is 5.26 Å². The van der Waals surface area contributed by atoms with Gasteiger partial charge in [-0.25, -0.2) is 9.78 Å². The average Bonchev–Trinajstić information content (AvgIpc) is 2.97. The number of aromatic nitrogens is 2. The summed E-state index contributed by atoms with van der Waals surface area (Å²) in [6, 6.07) is 4.19. The predicted molar refractivity (Wildman–Crippen MR) is 134 cm³/mol.